The SMILES string of the molecule is CC(=O)O.Nc1nc(N2CCC(N3C[C@H](CN4CCCCC4)OC[C@@H]3Cc3ccc(Cl)cc3)CC2)n[nH]1. The highest BCUT2D eigenvalue weighted by molar-refractivity contribution is 6.30. The Morgan fingerprint density at radius 3 is 2.46 bits per heavy atom. The first-order valence-corrected chi connectivity index (χ1v) is 13.7. The molecule has 204 valence electrons. The van der Waals surface area contributed by atoms with Gasteiger partial charge in [-0.25, -0.2) is 5.10 Å². The summed E-state index contributed by atoms with van der Waals surface area (Å²) < 4.78 is 6.45. The number of carboxylic acids is 1. The van der Waals surface area contributed by atoms with E-state index in [1.165, 1.54) is 37.9 Å². The van der Waals surface area contributed by atoms with Crippen LogP contribution in [0, 0.1) is 0 Å². The molecular formula is C26H40ClN7O3. The number of morpholine rings is 1. The van der Waals surface area contributed by atoms with E-state index >= 15 is 0 Å². The number of aliphatic carboxylic acids is 1. The lowest BCUT2D eigenvalue weighted by atomic mass is 9.96. The molecule has 0 radical (unpaired) electrons. The molecule has 0 spiro atoms. The number of piperidine rings is 2. The second-order valence-electron chi connectivity index (χ2n) is 10.3. The average molecular weight is 534 g/mol. The molecule has 3 fully saturated rings. The zero-order valence-electron chi connectivity index (χ0n) is 21.7. The van der Waals surface area contributed by atoms with Crippen molar-refractivity contribution < 1.29 is 14.6 Å². The van der Waals surface area contributed by atoms with Crippen LogP contribution in [0.25, 0.3) is 0 Å². The summed E-state index contributed by atoms with van der Waals surface area (Å²) in [5, 5.41) is 15.2. The lowest BCUT2D eigenvalue weighted by molar-refractivity contribution is -0.134. The standard InChI is InChI=1S/C24H36ClN7O.C2H4O2/c25-19-6-4-18(5-7-19)14-21-17-33-22(15-30-10-2-1-3-11-30)16-32(21)20-8-12-31(13-9-20)24-27-23(26)28-29-24;1-2(3)4/h4-7,20-22H,1-3,8-17H2,(H3,26,27,28,29);1H3,(H,3,4)/t21-,22-;/m0./s1. The second-order valence-corrected chi connectivity index (χ2v) is 10.7. The maximum absolute atomic E-state index is 9.00. The van der Waals surface area contributed by atoms with Gasteiger partial charge in [-0.2, -0.15) is 4.98 Å². The van der Waals surface area contributed by atoms with Gasteiger partial charge in [-0.05, 0) is 62.9 Å². The van der Waals surface area contributed by atoms with Crippen LogP contribution in [0.1, 0.15) is 44.6 Å². The molecule has 1 aromatic heterocycles. The monoisotopic (exact) mass is 533 g/mol. The van der Waals surface area contributed by atoms with Gasteiger partial charge >= 0.3 is 0 Å². The van der Waals surface area contributed by atoms with Gasteiger partial charge in [0.1, 0.15) is 0 Å². The lowest BCUT2D eigenvalue weighted by Gasteiger charge is -2.47. The molecule has 4 heterocycles. The molecule has 10 nitrogen and oxygen atoms in total. The van der Waals surface area contributed by atoms with E-state index in [0.717, 1.165) is 64.0 Å². The van der Waals surface area contributed by atoms with E-state index in [1.54, 1.807) is 0 Å². The zero-order chi connectivity index (χ0) is 26.2. The number of H-pyrrole nitrogens is 1. The second kappa shape index (κ2) is 13.4. The van der Waals surface area contributed by atoms with Crippen molar-refractivity contribution >= 4 is 29.5 Å². The van der Waals surface area contributed by atoms with Gasteiger partial charge < -0.3 is 25.4 Å². The Kier molecular flexibility index (Phi) is 10.0. The molecule has 2 aromatic rings. The summed E-state index contributed by atoms with van der Waals surface area (Å²) >= 11 is 6.12. The third-order valence-corrected chi connectivity index (χ3v) is 7.66. The summed E-state index contributed by atoms with van der Waals surface area (Å²) in [5.74, 6) is 0.262. The first kappa shape index (κ1) is 27.6. The number of nitrogens with two attached hydrogens (primary N) is 1. The van der Waals surface area contributed by atoms with Crippen LogP contribution in [0.3, 0.4) is 0 Å². The van der Waals surface area contributed by atoms with Gasteiger partial charge in [-0.3, -0.25) is 9.69 Å². The van der Waals surface area contributed by atoms with Crippen LogP contribution in [-0.4, -0.2) is 100 Å². The van der Waals surface area contributed by atoms with Crippen LogP contribution < -0.4 is 10.6 Å². The van der Waals surface area contributed by atoms with Crippen molar-refractivity contribution in [1.82, 2.24) is 25.0 Å². The molecule has 2 atom stereocenters. The molecule has 0 aliphatic carbocycles. The summed E-state index contributed by atoms with van der Waals surface area (Å²) in [7, 11) is 0. The molecular weight excluding hydrogens is 494 g/mol. The number of hydrogen-bond donors (Lipinski definition) is 3. The van der Waals surface area contributed by atoms with Crippen molar-refractivity contribution in [2.45, 2.75) is 63.6 Å². The van der Waals surface area contributed by atoms with E-state index < -0.39 is 5.97 Å². The fourth-order valence-electron chi connectivity index (χ4n) is 5.64. The summed E-state index contributed by atoms with van der Waals surface area (Å²) in [6.07, 6.45) is 7.48. The topological polar surface area (TPSA) is 124 Å². The Balaban J connectivity index is 0.000000747. The molecule has 1 aromatic carbocycles. The highest BCUT2D eigenvalue weighted by Crippen LogP contribution is 2.27. The molecule has 3 saturated heterocycles. The van der Waals surface area contributed by atoms with Crippen LogP contribution in [0.15, 0.2) is 24.3 Å². The third-order valence-electron chi connectivity index (χ3n) is 7.41. The first-order valence-electron chi connectivity index (χ1n) is 13.3. The number of halogens is 1. The number of rotatable bonds is 6. The number of aromatic amines is 1. The van der Waals surface area contributed by atoms with E-state index in [1.807, 2.05) is 12.1 Å². The molecule has 11 heteroatoms. The molecule has 0 unspecified atom stereocenters. The number of benzene rings is 1. The van der Waals surface area contributed by atoms with Crippen molar-refractivity contribution in [2.75, 3.05) is 56.5 Å². The van der Waals surface area contributed by atoms with Gasteiger partial charge in [-0.15, -0.1) is 5.10 Å². The lowest BCUT2D eigenvalue weighted by Crippen LogP contribution is -2.59. The maximum Gasteiger partial charge on any atom is 0.300 e. The van der Waals surface area contributed by atoms with Crippen molar-refractivity contribution in [3.05, 3.63) is 34.9 Å². The highest BCUT2D eigenvalue weighted by atomic mass is 35.5. The molecule has 37 heavy (non-hydrogen) atoms. The van der Waals surface area contributed by atoms with Gasteiger partial charge in [0.25, 0.3) is 5.97 Å². The molecule has 0 amide bonds. The first-order chi connectivity index (χ1) is 17.9. The predicted octanol–water partition coefficient (Wildman–Crippen LogP) is 2.90. The quantitative estimate of drug-likeness (QED) is 0.514. The Morgan fingerprint density at radius 1 is 1.16 bits per heavy atom. The zero-order valence-corrected chi connectivity index (χ0v) is 22.4. The minimum absolute atomic E-state index is 0.287. The molecule has 0 bridgehead atoms. The normalized spacial score (nSPS) is 23.9. The number of nitrogens with one attached hydrogen (secondary N) is 1. The van der Waals surface area contributed by atoms with Crippen molar-refractivity contribution in [3.63, 3.8) is 0 Å². The number of carboxylic acid groups (broad SMARTS) is 1. The third kappa shape index (κ3) is 8.29. The highest BCUT2D eigenvalue weighted by Gasteiger charge is 2.36. The molecule has 3 aliphatic rings. The van der Waals surface area contributed by atoms with Crippen LogP contribution >= 0.6 is 11.6 Å². The fraction of sp³-hybridized carbons (Fsp3) is 0.654. The Bertz CT molecular complexity index is 971. The Morgan fingerprint density at radius 2 is 1.84 bits per heavy atom. The number of likely N-dealkylation sites (tertiary alicyclic amines) is 1. The van der Waals surface area contributed by atoms with E-state index in [4.69, 9.17) is 32.0 Å². The largest absolute Gasteiger partial charge is 0.481 e. The maximum atomic E-state index is 9.00. The van der Waals surface area contributed by atoms with Gasteiger partial charge in [0.05, 0.1) is 12.7 Å². The van der Waals surface area contributed by atoms with Crippen molar-refractivity contribution in [1.29, 1.82) is 0 Å². The molecule has 3 aliphatic heterocycles. The average Bonchev–Trinajstić information content (AvgIpc) is 3.33. The van der Waals surface area contributed by atoms with Gasteiger partial charge in [-0.1, -0.05) is 30.2 Å². The van der Waals surface area contributed by atoms with Crippen LogP contribution in [-0.2, 0) is 16.0 Å². The van der Waals surface area contributed by atoms with Crippen LogP contribution in [0.5, 0.6) is 0 Å². The Hall–Kier alpha value is -2.40. The number of anilines is 2. The van der Waals surface area contributed by atoms with E-state index in [0.29, 0.717) is 24.0 Å². The van der Waals surface area contributed by atoms with Crippen LogP contribution in [0.4, 0.5) is 11.9 Å². The number of ether oxygens (including phenoxy) is 1. The van der Waals surface area contributed by atoms with Crippen molar-refractivity contribution in [2.24, 2.45) is 0 Å². The summed E-state index contributed by atoms with van der Waals surface area (Å²) in [4.78, 5) is 20.9. The smallest absolute Gasteiger partial charge is 0.300 e. The summed E-state index contributed by atoms with van der Waals surface area (Å²) in [6.45, 7) is 8.26. The Labute approximate surface area is 224 Å². The van der Waals surface area contributed by atoms with E-state index in [2.05, 4.69) is 42.0 Å². The van der Waals surface area contributed by atoms with E-state index in [9.17, 15) is 0 Å². The van der Waals surface area contributed by atoms with E-state index in [-0.39, 0.29) is 6.10 Å². The predicted molar refractivity (Wildman–Crippen MR) is 145 cm³/mol. The summed E-state index contributed by atoms with van der Waals surface area (Å²) in [6, 6.07) is 9.21. The molecule has 5 rings (SSSR count). The number of nitrogen functional groups attached to an aromatic ring is 1. The molecule has 4 N–H and O–H groups in total. The van der Waals surface area contributed by atoms with Gasteiger partial charge in [0, 0.05) is 50.2 Å². The number of nitrogens with zero attached hydrogens (tertiary/aromatic N) is 5. The van der Waals surface area contributed by atoms with Gasteiger partial charge in [0.15, 0.2) is 0 Å². The minimum atomic E-state index is -0.833. The van der Waals surface area contributed by atoms with Crippen molar-refractivity contribution in [3.8, 4) is 0 Å². The number of aromatic nitrogens is 3. The fourth-order valence-corrected chi connectivity index (χ4v) is 5.77. The number of hydrogen-bond acceptors (Lipinski definition) is 8. The minimum Gasteiger partial charge on any atom is -0.481 e. The molecule has 0 saturated carbocycles. The van der Waals surface area contributed by atoms with Gasteiger partial charge in [0.2, 0.25) is 11.9 Å². The summed E-state index contributed by atoms with van der Waals surface area (Å²) in [5.41, 5.74) is 7.05. The number of carbonyl (C=O) groups is 1. The van der Waals surface area contributed by atoms with Crippen LogP contribution in [0.2, 0.25) is 5.02 Å².